The Hall–Kier alpha value is -1.67. The van der Waals surface area contributed by atoms with Crippen molar-refractivity contribution < 1.29 is 14.1 Å². The van der Waals surface area contributed by atoms with E-state index in [1.165, 1.54) is 0 Å². The maximum atomic E-state index is 12.3. The molecule has 1 amide bonds. The molecule has 0 saturated carbocycles. The van der Waals surface area contributed by atoms with E-state index in [4.69, 9.17) is 9.26 Å². The smallest absolute Gasteiger partial charge is 0.266 e. The van der Waals surface area contributed by atoms with Gasteiger partial charge in [0.05, 0.1) is 12.5 Å². The van der Waals surface area contributed by atoms with E-state index < -0.39 is 0 Å². The third-order valence-corrected chi connectivity index (χ3v) is 5.21. The first-order chi connectivity index (χ1) is 12.2. The molecule has 0 unspecified atom stereocenters. The van der Waals surface area contributed by atoms with Gasteiger partial charge in [0.25, 0.3) is 5.95 Å². The lowest BCUT2D eigenvalue weighted by atomic mass is 9.93. The molecule has 1 aromatic rings. The fraction of sp³-hybridized carbons (Fsp3) is 0.824. The fourth-order valence-corrected chi connectivity index (χ4v) is 3.82. The highest BCUT2D eigenvalue weighted by Gasteiger charge is 2.32. The number of aryl methyl sites for hydroxylation is 1. The lowest BCUT2D eigenvalue weighted by molar-refractivity contribution is -0.127. The average Bonchev–Trinajstić information content (AvgIpc) is 3.08. The molecule has 25 heavy (non-hydrogen) atoms. The van der Waals surface area contributed by atoms with Crippen LogP contribution >= 0.6 is 0 Å². The van der Waals surface area contributed by atoms with Crippen molar-refractivity contribution in [3.05, 3.63) is 5.89 Å². The quantitative estimate of drug-likeness (QED) is 0.760. The molecule has 1 N–H and O–H groups in total. The molecule has 3 heterocycles. The maximum absolute atomic E-state index is 12.3. The molecule has 1 atom stereocenters. The summed E-state index contributed by atoms with van der Waals surface area (Å²) in [6.45, 7) is 6.80. The third kappa shape index (κ3) is 4.70. The van der Waals surface area contributed by atoms with E-state index >= 15 is 0 Å². The number of methoxy groups -OCH3 is 1. The van der Waals surface area contributed by atoms with Crippen LogP contribution in [0.2, 0.25) is 0 Å². The first-order valence-corrected chi connectivity index (χ1v) is 9.23. The molecule has 0 aliphatic carbocycles. The van der Waals surface area contributed by atoms with Gasteiger partial charge in [0.15, 0.2) is 0 Å². The van der Waals surface area contributed by atoms with Crippen LogP contribution in [-0.4, -0.2) is 73.4 Å². The van der Waals surface area contributed by atoms with Crippen molar-refractivity contribution in [2.24, 2.45) is 5.92 Å². The zero-order valence-corrected chi connectivity index (χ0v) is 15.2. The molecule has 0 bridgehead atoms. The van der Waals surface area contributed by atoms with E-state index in [-0.39, 0.29) is 11.8 Å². The van der Waals surface area contributed by atoms with E-state index in [2.05, 4.69) is 25.3 Å². The molecular weight excluding hydrogens is 322 g/mol. The summed E-state index contributed by atoms with van der Waals surface area (Å²) in [6, 6.07) is 0.541. The number of amides is 1. The minimum Gasteiger partial charge on any atom is -0.383 e. The van der Waals surface area contributed by atoms with Crippen molar-refractivity contribution in [3.8, 4) is 0 Å². The average molecular weight is 351 g/mol. The predicted octanol–water partition coefficient (Wildman–Crippen LogP) is 0.821. The van der Waals surface area contributed by atoms with E-state index in [1.54, 1.807) is 7.11 Å². The molecule has 2 fully saturated rings. The minimum atomic E-state index is 0.100. The van der Waals surface area contributed by atoms with E-state index in [1.807, 2.05) is 6.92 Å². The molecule has 8 nitrogen and oxygen atoms in total. The van der Waals surface area contributed by atoms with Gasteiger partial charge in [0.1, 0.15) is 0 Å². The second-order valence-electron chi connectivity index (χ2n) is 6.95. The van der Waals surface area contributed by atoms with E-state index in [0.717, 1.165) is 51.9 Å². The lowest BCUT2D eigenvalue weighted by Crippen LogP contribution is -2.51. The van der Waals surface area contributed by atoms with Gasteiger partial charge in [-0.25, -0.2) is 0 Å². The van der Waals surface area contributed by atoms with Crippen molar-refractivity contribution >= 4 is 11.9 Å². The zero-order chi connectivity index (χ0) is 17.6. The zero-order valence-electron chi connectivity index (χ0n) is 15.2. The van der Waals surface area contributed by atoms with E-state index in [9.17, 15) is 4.79 Å². The predicted molar refractivity (Wildman–Crippen MR) is 93.5 cm³/mol. The van der Waals surface area contributed by atoms with Crippen LogP contribution in [0.1, 0.15) is 31.6 Å². The second kappa shape index (κ2) is 8.62. The molecule has 2 saturated heterocycles. The SMILES string of the molecule is COCCNC(=O)[C@H]1CCCN(C2CCN(c3noc(C)n3)CC2)C1. The highest BCUT2D eigenvalue weighted by Crippen LogP contribution is 2.25. The summed E-state index contributed by atoms with van der Waals surface area (Å²) in [5.74, 6) is 1.57. The molecule has 2 aliphatic heterocycles. The number of nitrogens with one attached hydrogen (secondary N) is 1. The van der Waals surface area contributed by atoms with Crippen LogP contribution in [0.5, 0.6) is 0 Å². The molecule has 8 heteroatoms. The van der Waals surface area contributed by atoms with Crippen molar-refractivity contribution in [3.63, 3.8) is 0 Å². The van der Waals surface area contributed by atoms with Crippen LogP contribution in [-0.2, 0) is 9.53 Å². The third-order valence-electron chi connectivity index (χ3n) is 5.21. The first kappa shape index (κ1) is 18.1. The van der Waals surface area contributed by atoms with Gasteiger partial charge in [-0.1, -0.05) is 0 Å². The van der Waals surface area contributed by atoms with Gasteiger partial charge in [-0.2, -0.15) is 4.98 Å². The fourth-order valence-electron chi connectivity index (χ4n) is 3.82. The summed E-state index contributed by atoms with van der Waals surface area (Å²) in [5, 5.41) is 6.99. The Morgan fingerprint density at radius 1 is 1.32 bits per heavy atom. The Kier molecular flexibility index (Phi) is 6.25. The Labute approximate surface area is 148 Å². The lowest BCUT2D eigenvalue weighted by Gasteiger charge is -2.41. The number of piperidine rings is 2. The number of likely N-dealkylation sites (tertiary alicyclic amines) is 1. The van der Waals surface area contributed by atoms with Crippen LogP contribution in [0.25, 0.3) is 0 Å². The number of rotatable bonds is 6. The van der Waals surface area contributed by atoms with Gasteiger partial charge < -0.3 is 19.5 Å². The summed E-state index contributed by atoms with van der Waals surface area (Å²) < 4.78 is 10.1. The van der Waals surface area contributed by atoms with Crippen molar-refractivity contribution in [2.45, 2.75) is 38.6 Å². The summed E-state index contributed by atoms with van der Waals surface area (Å²) in [7, 11) is 1.65. The Bertz CT molecular complexity index is 556. The highest BCUT2D eigenvalue weighted by molar-refractivity contribution is 5.78. The van der Waals surface area contributed by atoms with Crippen molar-refractivity contribution in [1.82, 2.24) is 20.4 Å². The summed E-state index contributed by atoms with van der Waals surface area (Å²) in [6.07, 6.45) is 4.22. The van der Waals surface area contributed by atoms with E-state index in [0.29, 0.717) is 31.0 Å². The number of carbonyl (C=O) groups is 1. The van der Waals surface area contributed by atoms with Gasteiger partial charge >= 0.3 is 0 Å². The van der Waals surface area contributed by atoms with Crippen LogP contribution in [0.3, 0.4) is 0 Å². The standard InChI is InChI=1S/C17H29N5O3/c1-13-19-17(20-25-13)21-9-5-15(6-10-21)22-8-3-4-14(12-22)16(23)18-7-11-24-2/h14-15H,3-12H2,1-2H3,(H,18,23)/t14-/m0/s1. The molecule has 2 aliphatic rings. The minimum absolute atomic E-state index is 0.100. The molecule has 0 aromatic carbocycles. The number of hydrogen-bond acceptors (Lipinski definition) is 7. The summed E-state index contributed by atoms with van der Waals surface area (Å²) >= 11 is 0. The number of hydrogen-bond donors (Lipinski definition) is 1. The van der Waals surface area contributed by atoms with Crippen molar-refractivity contribution in [1.29, 1.82) is 0 Å². The van der Waals surface area contributed by atoms with Gasteiger partial charge in [-0.15, -0.1) is 0 Å². The Morgan fingerprint density at radius 3 is 2.80 bits per heavy atom. The van der Waals surface area contributed by atoms with Crippen LogP contribution in [0.15, 0.2) is 4.52 Å². The number of ether oxygens (including phenoxy) is 1. The summed E-state index contributed by atoms with van der Waals surface area (Å²) in [4.78, 5) is 21.3. The van der Waals surface area contributed by atoms with Crippen LogP contribution in [0, 0.1) is 12.8 Å². The maximum Gasteiger partial charge on any atom is 0.266 e. The largest absolute Gasteiger partial charge is 0.383 e. The Balaban J connectivity index is 1.47. The number of anilines is 1. The number of aromatic nitrogens is 2. The molecular formula is C17H29N5O3. The molecule has 140 valence electrons. The normalized spacial score (nSPS) is 23.0. The summed E-state index contributed by atoms with van der Waals surface area (Å²) in [5.41, 5.74) is 0. The number of nitrogens with zero attached hydrogens (tertiary/aromatic N) is 4. The van der Waals surface area contributed by atoms with Gasteiger partial charge in [-0.3, -0.25) is 9.69 Å². The second-order valence-corrected chi connectivity index (χ2v) is 6.95. The molecule has 3 rings (SSSR count). The molecule has 0 radical (unpaired) electrons. The molecule has 1 aromatic heterocycles. The van der Waals surface area contributed by atoms with Gasteiger partial charge in [-0.05, 0) is 37.4 Å². The van der Waals surface area contributed by atoms with Crippen molar-refractivity contribution in [2.75, 3.05) is 51.3 Å². The van der Waals surface area contributed by atoms with Gasteiger partial charge in [0.2, 0.25) is 11.8 Å². The number of carbonyl (C=O) groups excluding carboxylic acids is 1. The van der Waals surface area contributed by atoms with Gasteiger partial charge in [0, 0.05) is 46.3 Å². The van der Waals surface area contributed by atoms with Crippen LogP contribution in [0.4, 0.5) is 5.95 Å². The first-order valence-electron chi connectivity index (χ1n) is 9.23. The molecule has 0 spiro atoms. The topological polar surface area (TPSA) is 83.7 Å². The van der Waals surface area contributed by atoms with Crippen LogP contribution < -0.4 is 10.2 Å². The Morgan fingerprint density at radius 2 is 2.12 bits per heavy atom. The monoisotopic (exact) mass is 351 g/mol. The highest BCUT2D eigenvalue weighted by atomic mass is 16.5.